The first-order valence-corrected chi connectivity index (χ1v) is 8.53. The molecule has 2 aromatic rings. The number of likely N-dealkylation sites (N-methyl/N-ethyl adjacent to an activating group) is 1. The molecular weight excluding hydrogens is 300 g/mol. The molecule has 1 atom stereocenters. The maximum absolute atomic E-state index is 12.2. The molecule has 1 heterocycles. The smallest absolute Gasteiger partial charge is 0.234 e. The van der Waals surface area contributed by atoms with Crippen LogP contribution in [0.2, 0.25) is 0 Å². The van der Waals surface area contributed by atoms with Gasteiger partial charge in [0, 0.05) is 0 Å². The van der Waals surface area contributed by atoms with E-state index < -0.39 is 0 Å². The van der Waals surface area contributed by atoms with Gasteiger partial charge in [-0.2, -0.15) is 0 Å². The Balaban J connectivity index is 1.82. The van der Waals surface area contributed by atoms with Gasteiger partial charge in [0.25, 0.3) is 0 Å². The molecule has 4 nitrogen and oxygen atoms in total. The lowest BCUT2D eigenvalue weighted by atomic mass is 10.00. The van der Waals surface area contributed by atoms with E-state index in [1.807, 2.05) is 31.0 Å². The summed E-state index contributed by atoms with van der Waals surface area (Å²) in [6.45, 7) is 7.42. The highest BCUT2D eigenvalue weighted by molar-refractivity contribution is 5.78. The molecule has 0 aliphatic carbocycles. The molecule has 0 bridgehead atoms. The van der Waals surface area contributed by atoms with Gasteiger partial charge in [0.15, 0.2) is 0 Å². The fourth-order valence-electron chi connectivity index (χ4n) is 2.75. The number of rotatable bonds is 8. The Bertz CT molecular complexity index is 618. The van der Waals surface area contributed by atoms with Gasteiger partial charge in [0.05, 0.1) is 25.4 Å². The number of benzene rings is 1. The average Bonchev–Trinajstić information content (AvgIpc) is 2.99. The summed E-state index contributed by atoms with van der Waals surface area (Å²) in [4.78, 5) is 14.1. The van der Waals surface area contributed by atoms with Crippen molar-refractivity contribution in [3.8, 4) is 0 Å². The number of carbonyl (C=O) groups excluding carboxylic acids is 1. The molecule has 1 aromatic carbocycles. The van der Waals surface area contributed by atoms with Crippen molar-refractivity contribution in [3.63, 3.8) is 0 Å². The fraction of sp³-hybridized carbons (Fsp3) is 0.450. The monoisotopic (exact) mass is 328 g/mol. The molecule has 4 heteroatoms. The van der Waals surface area contributed by atoms with Crippen LogP contribution >= 0.6 is 0 Å². The molecule has 24 heavy (non-hydrogen) atoms. The minimum atomic E-state index is 0.00242. The van der Waals surface area contributed by atoms with Crippen molar-refractivity contribution >= 4 is 5.91 Å². The maximum Gasteiger partial charge on any atom is 0.234 e. The predicted molar refractivity (Wildman–Crippen MR) is 96.6 cm³/mol. The van der Waals surface area contributed by atoms with E-state index in [4.69, 9.17) is 4.42 Å². The summed E-state index contributed by atoms with van der Waals surface area (Å²) >= 11 is 0. The number of carbonyl (C=O) groups is 1. The van der Waals surface area contributed by atoms with E-state index in [2.05, 4.69) is 43.4 Å². The lowest BCUT2D eigenvalue weighted by Crippen LogP contribution is -2.36. The molecule has 0 radical (unpaired) electrons. The molecule has 0 aliphatic rings. The zero-order valence-corrected chi connectivity index (χ0v) is 15.1. The number of hydrogen-bond acceptors (Lipinski definition) is 3. The molecular formula is C20H28N2O2. The molecule has 1 aromatic heterocycles. The van der Waals surface area contributed by atoms with E-state index in [0.29, 0.717) is 19.0 Å². The summed E-state index contributed by atoms with van der Waals surface area (Å²) in [5, 5.41) is 3.06. The van der Waals surface area contributed by atoms with E-state index in [1.165, 1.54) is 5.56 Å². The van der Waals surface area contributed by atoms with Crippen LogP contribution < -0.4 is 5.32 Å². The minimum absolute atomic E-state index is 0.00242. The summed E-state index contributed by atoms with van der Waals surface area (Å²) < 4.78 is 5.30. The SMILES string of the molecule is CC(C)Cc1ccc(C(C)NC(=O)CN(C)Cc2ccco2)cc1. The summed E-state index contributed by atoms with van der Waals surface area (Å²) in [5.74, 6) is 1.53. The first-order valence-electron chi connectivity index (χ1n) is 8.53. The Hall–Kier alpha value is -2.07. The van der Waals surface area contributed by atoms with E-state index in [9.17, 15) is 4.79 Å². The standard InChI is InChI=1S/C20H28N2O2/c1-15(2)12-17-7-9-18(10-8-17)16(3)21-20(23)14-22(4)13-19-6-5-11-24-19/h5-11,15-16H,12-14H2,1-4H3,(H,21,23). The van der Waals surface area contributed by atoms with Crippen molar-refractivity contribution in [2.24, 2.45) is 5.92 Å². The van der Waals surface area contributed by atoms with Gasteiger partial charge in [-0.3, -0.25) is 9.69 Å². The third kappa shape index (κ3) is 5.85. The highest BCUT2D eigenvalue weighted by atomic mass is 16.3. The largest absolute Gasteiger partial charge is 0.468 e. The summed E-state index contributed by atoms with van der Waals surface area (Å²) in [5.41, 5.74) is 2.47. The predicted octanol–water partition coefficient (Wildman–Crippen LogP) is 3.79. The second-order valence-corrected chi connectivity index (χ2v) is 6.88. The molecule has 0 spiro atoms. The van der Waals surface area contributed by atoms with Crippen molar-refractivity contribution in [1.29, 1.82) is 0 Å². The zero-order chi connectivity index (χ0) is 17.5. The topological polar surface area (TPSA) is 45.5 Å². The van der Waals surface area contributed by atoms with Crippen LogP contribution in [0.5, 0.6) is 0 Å². The van der Waals surface area contributed by atoms with Crippen LogP contribution in [0.3, 0.4) is 0 Å². The lowest BCUT2D eigenvalue weighted by molar-refractivity contribution is -0.122. The zero-order valence-electron chi connectivity index (χ0n) is 15.1. The maximum atomic E-state index is 12.2. The number of furan rings is 1. The number of nitrogens with one attached hydrogen (secondary N) is 1. The fourth-order valence-corrected chi connectivity index (χ4v) is 2.75. The van der Waals surface area contributed by atoms with Gasteiger partial charge < -0.3 is 9.73 Å². The van der Waals surface area contributed by atoms with E-state index in [1.54, 1.807) is 6.26 Å². The molecule has 1 N–H and O–H groups in total. The first kappa shape index (κ1) is 18.3. The highest BCUT2D eigenvalue weighted by Gasteiger charge is 2.12. The number of hydrogen-bond donors (Lipinski definition) is 1. The van der Waals surface area contributed by atoms with Crippen LogP contribution in [-0.2, 0) is 17.8 Å². The number of nitrogens with zero attached hydrogens (tertiary/aromatic N) is 1. The van der Waals surface area contributed by atoms with Gasteiger partial charge in [-0.05, 0) is 49.6 Å². The molecule has 130 valence electrons. The van der Waals surface area contributed by atoms with Crippen molar-refractivity contribution in [2.45, 2.75) is 39.8 Å². The van der Waals surface area contributed by atoms with Gasteiger partial charge >= 0.3 is 0 Å². The Morgan fingerprint density at radius 1 is 1.17 bits per heavy atom. The molecule has 0 aliphatic heterocycles. The Morgan fingerprint density at radius 3 is 2.46 bits per heavy atom. The molecule has 1 amide bonds. The van der Waals surface area contributed by atoms with E-state index >= 15 is 0 Å². The summed E-state index contributed by atoms with van der Waals surface area (Å²) in [6.07, 6.45) is 2.73. The van der Waals surface area contributed by atoms with Crippen LogP contribution in [0, 0.1) is 5.92 Å². The van der Waals surface area contributed by atoms with Crippen molar-refractivity contribution in [1.82, 2.24) is 10.2 Å². The van der Waals surface area contributed by atoms with E-state index in [-0.39, 0.29) is 11.9 Å². The van der Waals surface area contributed by atoms with Gasteiger partial charge in [-0.25, -0.2) is 0 Å². The minimum Gasteiger partial charge on any atom is -0.468 e. The third-order valence-corrected chi connectivity index (χ3v) is 3.92. The van der Waals surface area contributed by atoms with Crippen molar-refractivity contribution in [3.05, 3.63) is 59.5 Å². The van der Waals surface area contributed by atoms with Crippen LogP contribution in [0.4, 0.5) is 0 Å². The average molecular weight is 328 g/mol. The van der Waals surface area contributed by atoms with Crippen molar-refractivity contribution < 1.29 is 9.21 Å². The third-order valence-electron chi connectivity index (χ3n) is 3.92. The molecule has 0 saturated heterocycles. The van der Waals surface area contributed by atoms with Gasteiger partial charge in [0.1, 0.15) is 5.76 Å². The van der Waals surface area contributed by atoms with Crippen LogP contribution in [0.25, 0.3) is 0 Å². The quantitative estimate of drug-likeness (QED) is 0.802. The van der Waals surface area contributed by atoms with Crippen LogP contribution in [0.1, 0.15) is 43.7 Å². The van der Waals surface area contributed by atoms with Crippen molar-refractivity contribution in [2.75, 3.05) is 13.6 Å². The second-order valence-electron chi connectivity index (χ2n) is 6.88. The van der Waals surface area contributed by atoms with E-state index in [0.717, 1.165) is 17.7 Å². The molecule has 0 saturated carbocycles. The van der Waals surface area contributed by atoms with Gasteiger partial charge in [-0.15, -0.1) is 0 Å². The second kappa shape index (κ2) is 8.69. The van der Waals surface area contributed by atoms with Crippen LogP contribution in [-0.4, -0.2) is 24.4 Å². The van der Waals surface area contributed by atoms with Gasteiger partial charge in [-0.1, -0.05) is 38.1 Å². The van der Waals surface area contributed by atoms with Crippen LogP contribution in [0.15, 0.2) is 47.1 Å². The number of amides is 1. The highest BCUT2D eigenvalue weighted by Crippen LogP contribution is 2.15. The molecule has 2 rings (SSSR count). The first-order chi connectivity index (χ1) is 11.4. The Kier molecular flexibility index (Phi) is 6.62. The summed E-state index contributed by atoms with van der Waals surface area (Å²) in [7, 11) is 1.91. The Labute approximate surface area is 144 Å². The Morgan fingerprint density at radius 2 is 1.88 bits per heavy atom. The van der Waals surface area contributed by atoms with Gasteiger partial charge in [0.2, 0.25) is 5.91 Å². The molecule has 0 fully saturated rings. The normalized spacial score (nSPS) is 12.6. The molecule has 1 unspecified atom stereocenters. The summed E-state index contributed by atoms with van der Waals surface area (Å²) in [6, 6.07) is 12.3. The lowest BCUT2D eigenvalue weighted by Gasteiger charge is -2.19.